The lowest BCUT2D eigenvalue weighted by atomic mass is 9.93. The van der Waals surface area contributed by atoms with Gasteiger partial charge in [-0.2, -0.15) is 0 Å². The molecule has 0 radical (unpaired) electrons. The number of halogens is 1. The molecular weight excluding hydrogens is 274 g/mol. The molecular formula is C16H16ClNO2. The van der Waals surface area contributed by atoms with E-state index >= 15 is 0 Å². The zero-order chi connectivity index (χ0) is 14.6. The highest BCUT2D eigenvalue weighted by Gasteiger charge is 2.27. The number of hydrogen-bond acceptors (Lipinski definition) is 2. The molecule has 0 bridgehead atoms. The summed E-state index contributed by atoms with van der Waals surface area (Å²) in [6.07, 6.45) is 0. The number of benzene rings is 2. The summed E-state index contributed by atoms with van der Waals surface area (Å²) in [5, 5.41) is 12.3. The van der Waals surface area contributed by atoms with Gasteiger partial charge in [0, 0.05) is 11.4 Å². The summed E-state index contributed by atoms with van der Waals surface area (Å²) in [5.74, 6) is 0.0412. The van der Waals surface area contributed by atoms with E-state index in [-0.39, 0.29) is 17.5 Å². The maximum atomic E-state index is 12.3. The summed E-state index contributed by atoms with van der Waals surface area (Å²) in [6, 6.07) is 15.8. The average molecular weight is 290 g/mol. The van der Waals surface area contributed by atoms with E-state index < -0.39 is 5.54 Å². The first-order chi connectivity index (χ1) is 9.55. The van der Waals surface area contributed by atoms with Crippen LogP contribution in [0.1, 0.15) is 22.8 Å². The molecule has 0 aliphatic rings. The number of phenolic OH excluding ortho intramolecular Hbond substituents is 1. The van der Waals surface area contributed by atoms with E-state index in [4.69, 9.17) is 11.6 Å². The molecule has 20 heavy (non-hydrogen) atoms. The quantitative estimate of drug-likeness (QED) is 0.849. The van der Waals surface area contributed by atoms with Crippen molar-refractivity contribution in [3.8, 4) is 5.75 Å². The van der Waals surface area contributed by atoms with Crippen molar-refractivity contribution in [3.05, 3.63) is 65.7 Å². The Bertz CT molecular complexity index is 600. The van der Waals surface area contributed by atoms with Gasteiger partial charge in [0.15, 0.2) is 0 Å². The molecule has 2 aromatic rings. The number of aromatic hydroxyl groups is 1. The predicted octanol–water partition coefficient (Wildman–Crippen LogP) is 3.28. The van der Waals surface area contributed by atoms with Crippen molar-refractivity contribution < 1.29 is 9.90 Å². The molecule has 104 valence electrons. The lowest BCUT2D eigenvalue weighted by molar-refractivity contribution is 0.0913. The largest absolute Gasteiger partial charge is 0.508 e. The molecule has 0 spiro atoms. The molecule has 1 unspecified atom stereocenters. The summed E-state index contributed by atoms with van der Waals surface area (Å²) in [6.45, 7) is 1.87. The Labute approximate surface area is 123 Å². The Morgan fingerprint density at radius 2 is 1.90 bits per heavy atom. The maximum absolute atomic E-state index is 12.3. The third kappa shape index (κ3) is 3.11. The zero-order valence-electron chi connectivity index (χ0n) is 11.1. The monoisotopic (exact) mass is 289 g/mol. The van der Waals surface area contributed by atoms with Crippen LogP contribution in [-0.2, 0) is 5.54 Å². The highest BCUT2D eigenvalue weighted by atomic mass is 35.5. The van der Waals surface area contributed by atoms with Gasteiger partial charge in [-0.15, -0.1) is 11.6 Å². The van der Waals surface area contributed by atoms with Crippen LogP contribution in [0.15, 0.2) is 54.6 Å². The number of carbonyl (C=O) groups excluding carboxylic acids is 1. The minimum atomic E-state index is -0.661. The summed E-state index contributed by atoms with van der Waals surface area (Å²) < 4.78 is 0. The molecule has 3 nitrogen and oxygen atoms in total. The van der Waals surface area contributed by atoms with E-state index in [1.165, 1.54) is 12.1 Å². The maximum Gasteiger partial charge on any atom is 0.252 e. The lowest BCUT2D eigenvalue weighted by Gasteiger charge is -2.29. The van der Waals surface area contributed by atoms with Crippen molar-refractivity contribution in [1.29, 1.82) is 0 Å². The molecule has 0 saturated heterocycles. The number of nitrogens with one attached hydrogen (secondary N) is 1. The fourth-order valence-corrected chi connectivity index (χ4v) is 2.18. The molecule has 2 N–H and O–H groups in total. The summed E-state index contributed by atoms with van der Waals surface area (Å²) in [7, 11) is 0. The van der Waals surface area contributed by atoms with Gasteiger partial charge in [-0.3, -0.25) is 4.79 Å². The Morgan fingerprint density at radius 1 is 1.20 bits per heavy atom. The Morgan fingerprint density at radius 3 is 2.50 bits per heavy atom. The van der Waals surface area contributed by atoms with Gasteiger partial charge in [-0.1, -0.05) is 36.4 Å². The first-order valence-corrected chi connectivity index (χ1v) is 6.82. The highest BCUT2D eigenvalue weighted by molar-refractivity contribution is 6.19. The molecule has 4 heteroatoms. The van der Waals surface area contributed by atoms with Crippen LogP contribution in [0.5, 0.6) is 5.75 Å². The number of carbonyl (C=O) groups is 1. The molecule has 1 amide bonds. The Hall–Kier alpha value is -2.00. The summed E-state index contributed by atoms with van der Waals surface area (Å²) in [5.41, 5.74) is 0.673. The number of amides is 1. The molecule has 0 fully saturated rings. The molecule has 0 saturated carbocycles. The van der Waals surface area contributed by atoms with Gasteiger partial charge in [0.25, 0.3) is 5.91 Å². The zero-order valence-corrected chi connectivity index (χ0v) is 11.9. The normalized spacial score (nSPS) is 13.5. The van der Waals surface area contributed by atoms with Crippen LogP contribution in [0.25, 0.3) is 0 Å². The van der Waals surface area contributed by atoms with Gasteiger partial charge in [0.2, 0.25) is 0 Å². The topological polar surface area (TPSA) is 49.3 Å². The first kappa shape index (κ1) is 14.4. The summed E-state index contributed by atoms with van der Waals surface area (Å²) >= 11 is 6.04. The van der Waals surface area contributed by atoms with E-state index in [9.17, 15) is 9.90 Å². The van der Waals surface area contributed by atoms with Crippen LogP contribution in [0, 0.1) is 0 Å². The Balaban J connectivity index is 2.24. The van der Waals surface area contributed by atoms with E-state index in [2.05, 4.69) is 5.32 Å². The number of alkyl halides is 1. The Kier molecular flexibility index (Phi) is 4.30. The van der Waals surface area contributed by atoms with Crippen molar-refractivity contribution in [2.24, 2.45) is 0 Å². The minimum absolute atomic E-state index is 0.0601. The standard InChI is InChI=1S/C16H16ClNO2/c1-16(11-17,13-7-3-2-4-8-13)18-15(20)12-6-5-9-14(19)10-12/h2-10,19H,11H2,1H3,(H,18,20). The van der Waals surface area contributed by atoms with Crippen molar-refractivity contribution in [1.82, 2.24) is 5.32 Å². The molecule has 1 atom stereocenters. The van der Waals surface area contributed by atoms with Crippen LogP contribution in [0.3, 0.4) is 0 Å². The fourth-order valence-electron chi connectivity index (χ4n) is 1.96. The molecule has 2 aromatic carbocycles. The van der Waals surface area contributed by atoms with Crippen molar-refractivity contribution in [2.45, 2.75) is 12.5 Å². The molecule has 0 aromatic heterocycles. The second-order valence-electron chi connectivity index (χ2n) is 4.84. The molecule has 0 aliphatic carbocycles. The van der Waals surface area contributed by atoms with Gasteiger partial charge in [-0.25, -0.2) is 0 Å². The second-order valence-corrected chi connectivity index (χ2v) is 5.10. The van der Waals surface area contributed by atoms with Crippen LogP contribution in [-0.4, -0.2) is 16.9 Å². The van der Waals surface area contributed by atoms with Crippen molar-refractivity contribution >= 4 is 17.5 Å². The number of phenols is 1. The van der Waals surface area contributed by atoms with E-state index in [0.717, 1.165) is 5.56 Å². The highest BCUT2D eigenvalue weighted by Crippen LogP contribution is 2.23. The molecule has 2 rings (SSSR count). The van der Waals surface area contributed by atoms with E-state index in [0.29, 0.717) is 5.56 Å². The molecule has 0 heterocycles. The lowest BCUT2D eigenvalue weighted by Crippen LogP contribution is -2.45. The van der Waals surface area contributed by atoms with Crippen molar-refractivity contribution in [2.75, 3.05) is 5.88 Å². The van der Waals surface area contributed by atoms with Gasteiger partial charge < -0.3 is 10.4 Å². The van der Waals surface area contributed by atoms with Crippen molar-refractivity contribution in [3.63, 3.8) is 0 Å². The second kappa shape index (κ2) is 5.97. The first-order valence-electron chi connectivity index (χ1n) is 6.28. The van der Waals surface area contributed by atoms with E-state index in [1.54, 1.807) is 12.1 Å². The van der Waals surface area contributed by atoms with Gasteiger partial charge in [-0.05, 0) is 30.7 Å². The van der Waals surface area contributed by atoms with E-state index in [1.807, 2.05) is 37.3 Å². The fraction of sp³-hybridized carbons (Fsp3) is 0.188. The number of hydrogen-bond donors (Lipinski definition) is 2. The van der Waals surface area contributed by atoms with Crippen LogP contribution < -0.4 is 5.32 Å². The van der Waals surface area contributed by atoms with Gasteiger partial charge in [0.1, 0.15) is 5.75 Å². The summed E-state index contributed by atoms with van der Waals surface area (Å²) in [4.78, 5) is 12.3. The minimum Gasteiger partial charge on any atom is -0.508 e. The predicted molar refractivity (Wildman–Crippen MR) is 80.1 cm³/mol. The SMILES string of the molecule is CC(CCl)(NC(=O)c1cccc(O)c1)c1ccccc1. The van der Waals surface area contributed by atoms with Gasteiger partial charge in [0.05, 0.1) is 5.54 Å². The number of rotatable bonds is 4. The third-order valence-corrected chi connectivity index (χ3v) is 3.71. The average Bonchev–Trinajstić information content (AvgIpc) is 2.48. The van der Waals surface area contributed by atoms with Gasteiger partial charge >= 0.3 is 0 Å². The van der Waals surface area contributed by atoms with Crippen LogP contribution in [0.2, 0.25) is 0 Å². The van der Waals surface area contributed by atoms with Crippen LogP contribution >= 0.6 is 11.6 Å². The molecule has 0 aliphatic heterocycles. The van der Waals surface area contributed by atoms with Crippen LogP contribution in [0.4, 0.5) is 0 Å². The third-order valence-electron chi connectivity index (χ3n) is 3.18. The smallest absolute Gasteiger partial charge is 0.252 e.